The van der Waals surface area contributed by atoms with Crippen molar-refractivity contribution in [2.75, 3.05) is 39.6 Å². The lowest BCUT2D eigenvalue weighted by Gasteiger charge is -2.00. The molecule has 86 valence electrons. The lowest BCUT2D eigenvalue weighted by atomic mass is 10.2. The highest BCUT2D eigenvalue weighted by molar-refractivity contribution is 4.61. The predicted molar refractivity (Wildman–Crippen MR) is 51.1 cm³/mol. The molecule has 0 aromatic carbocycles. The minimum atomic E-state index is 0.0278. The molecule has 1 unspecified atom stereocenters. The third-order valence-corrected chi connectivity index (χ3v) is 1.70. The zero-order valence-corrected chi connectivity index (χ0v) is 8.39. The maximum absolute atomic E-state index is 8.44. The van der Waals surface area contributed by atoms with E-state index in [1.165, 1.54) is 0 Å². The van der Waals surface area contributed by atoms with Gasteiger partial charge in [-0.1, -0.05) is 0 Å². The van der Waals surface area contributed by atoms with Crippen molar-refractivity contribution >= 4 is 0 Å². The van der Waals surface area contributed by atoms with E-state index in [9.17, 15) is 0 Å². The van der Waals surface area contributed by atoms with Gasteiger partial charge in [-0.2, -0.15) is 0 Å². The molecule has 5 heteroatoms. The number of aliphatic hydroxyl groups is 3. The molecule has 0 aliphatic carbocycles. The van der Waals surface area contributed by atoms with Crippen LogP contribution in [0.5, 0.6) is 0 Å². The van der Waals surface area contributed by atoms with E-state index >= 15 is 0 Å². The summed E-state index contributed by atoms with van der Waals surface area (Å²) in [5.74, 6) is 0. The fraction of sp³-hybridized carbons (Fsp3) is 1.00. The normalized spacial score (nSPS) is 20.4. The van der Waals surface area contributed by atoms with E-state index in [2.05, 4.69) is 4.74 Å². The van der Waals surface area contributed by atoms with Crippen molar-refractivity contribution in [3.63, 3.8) is 0 Å². The maximum Gasteiger partial charge on any atom is 0.0806 e. The Hall–Kier alpha value is -0.200. The largest absolute Gasteiger partial charge is 0.394 e. The molecule has 3 N–H and O–H groups in total. The van der Waals surface area contributed by atoms with E-state index in [4.69, 9.17) is 20.1 Å². The average Bonchev–Trinajstić information content (AvgIpc) is 2.72. The Kier molecular flexibility index (Phi) is 10.7. The Morgan fingerprint density at radius 3 is 2.07 bits per heavy atom. The van der Waals surface area contributed by atoms with Gasteiger partial charge in [0.2, 0.25) is 0 Å². The van der Waals surface area contributed by atoms with Gasteiger partial charge in [0.1, 0.15) is 0 Å². The van der Waals surface area contributed by atoms with Crippen molar-refractivity contribution in [1.29, 1.82) is 0 Å². The van der Waals surface area contributed by atoms with Gasteiger partial charge in [0.25, 0.3) is 0 Å². The van der Waals surface area contributed by atoms with Crippen molar-refractivity contribution in [2.24, 2.45) is 0 Å². The average molecular weight is 208 g/mol. The number of rotatable bonds is 5. The third-order valence-electron chi connectivity index (χ3n) is 1.70. The third kappa shape index (κ3) is 8.40. The fourth-order valence-corrected chi connectivity index (χ4v) is 1.02. The van der Waals surface area contributed by atoms with Crippen LogP contribution in [0.1, 0.15) is 12.8 Å². The van der Waals surface area contributed by atoms with Crippen molar-refractivity contribution in [3.8, 4) is 0 Å². The van der Waals surface area contributed by atoms with Crippen molar-refractivity contribution in [2.45, 2.75) is 18.9 Å². The molecular formula is C9H20O5. The number of hydrogen-bond acceptors (Lipinski definition) is 5. The van der Waals surface area contributed by atoms with Crippen molar-refractivity contribution in [3.05, 3.63) is 0 Å². The summed E-state index contributed by atoms with van der Waals surface area (Å²) < 4.78 is 9.68. The Morgan fingerprint density at radius 2 is 1.79 bits per heavy atom. The molecule has 1 fully saturated rings. The number of ether oxygens (including phenoxy) is 2. The van der Waals surface area contributed by atoms with E-state index in [0.717, 1.165) is 19.4 Å². The minimum absolute atomic E-state index is 0.0278. The van der Waals surface area contributed by atoms with Crippen LogP contribution in [-0.4, -0.2) is 61.1 Å². The lowest BCUT2D eigenvalue weighted by molar-refractivity contribution is 0.0591. The fourth-order valence-electron chi connectivity index (χ4n) is 1.02. The monoisotopic (exact) mass is 208 g/mol. The number of hydrogen-bond donors (Lipinski definition) is 3. The summed E-state index contributed by atoms with van der Waals surface area (Å²) in [4.78, 5) is 0. The second kappa shape index (κ2) is 10.9. The van der Waals surface area contributed by atoms with E-state index in [-0.39, 0.29) is 25.9 Å². The summed E-state index contributed by atoms with van der Waals surface area (Å²) >= 11 is 0. The molecule has 5 nitrogen and oxygen atoms in total. The first kappa shape index (κ1) is 13.8. The van der Waals surface area contributed by atoms with Crippen LogP contribution in [0.25, 0.3) is 0 Å². The highest BCUT2D eigenvalue weighted by atomic mass is 16.5. The molecule has 1 aliphatic rings. The van der Waals surface area contributed by atoms with Crippen LogP contribution in [0.15, 0.2) is 0 Å². The van der Waals surface area contributed by atoms with Gasteiger partial charge in [-0.05, 0) is 12.8 Å². The molecule has 14 heavy (non-hydrogen) atoms. The quantitative estimate of drug-likeness (QED) is 0.513. The van der Waals surface area contributed by atoms with Crippen LogP contribution in [0.4, 0.5) is 0 Å². The molecular weight excluding hydrogens is 188 g/mol. The van der Waals surface area contributed by atoms with Crippen LogP contribution < -0.4 is 0 Å². The van der Waals surface area contributed by atoms with Gasteiger partial charge in [0.15, 0.2) is 0 Å². The molecule has 0 aromatic heterocycles. The molecule has 0 aromatic rings. The summed E-state index contributed by atoms with van der Waals surface area (Å²) in [7, 11) is 0. The molecule has 1 aliphatic heterocycles. The SMILES string of the molecule is OCC1CCCO1.OCCOCCO. The van der Waals surface area contributed by atoms with Gasteiger partial charge >= 0.3 is 0 Å². The Labute approximate surface area is 84.3 Å². The van der Waals surface area contributed by atoms with Gasteiger partial charge < -0.3 is 24.8 Å². The van der Waals surface area contributed by atoms with Crippen LogP contribution in [0.3, 0.4) is 0 Å². The lowest BCUT2D eigenvalue weighted by Crippen LogP contribution is -2.09. The van der Waals surface area contributed by atoms with Crippen molar-refractivity contribution in [1.82, 2.24) is 0 Å². The number of aliphatic hydroxyl groups excluding tert-OH is 3. The molecule has 0 spiro atoms. The Bertz CT molecular complexity index is 99.4. The highest BCUT2D eigenvalue weighted by Gasteiger charge is 2.12. The van der Waals surface area contributed by atoms with Crippen LogP contribution in [-0.2, 0) is 9.47 Å². The Morgan fingerprint density at radius 1 is 1.14 bits per heavy atom. The van der Waals surface area contributed by atoms with E-state index < -0.39 is 0 Å². The predicted octanol–water partition coefficient (Wildman–Crippen LogP) is -0.855. The topological polar surface area (TPSA) is 79.2 Å². The molecule has 0 saturated carbocycles. The summed E-state index contributed by atoms with van der Waals surface area (Å²) in [5.41, 5.74) is 0. The molecule has 0 bridgehead atoms. The summed E-state index contributed by atoms with van der Waals surface area (Å²) in [6.07, 6.45) is 2.31. The van der Waals surface area contributed by atoms with Gasteiger partial charge in [0, 0.05) is 6.61 Å². The summed E-state index contributed by atoms with van der Waals surface area (Å²) in [5, 5.41) is 24.6. The molecule has 1 rings (SSSR count). The molecule has 1 heterocycles. The molecule has 0 amide bonds. The van der Waals surface area contributed by atoms with Crippen LogP contribution in [0.2, 0.25) is 0 Å². The Balaban J connectivity index is 0.000000241. The zero-order valence-electron chi connectivity index (χ0n) is 8.39. The molecule has 0 radical (unpaired) electrons. The van der Waals surface area contributed by atoms with Crippen molar-refractivity contribution < 1.29 is 24.8 Å². The van der Waals surface area contributed by atoms with Crippen LogP contribution >= 0.6 is 0 Å². The van der Waals surface area contributed by atoms with E-state index in [0.29, 0.717) is 13.2 Å². The smallest absolute Gasteiger partial charge is 0.0806 e. The highest BCUT2D eigenvalue weighted by Crippen LogP contribution is 2.09. The van der Waals surface area contributed by atoms with E-state index in [1.54, 1.807) is 0 Å². The first-order valence-electron chi connectivity index (χ1n) is 4.87. The first-order chi connectivity index (χ1) is 6.85. The standard InChI is InChI=1S/C5H10O2.C4H10O3/c6-4-5-2-1-3-7-5;5-1-3-7-4-2-6/h2*5-6H,1-4H2. The second-order valence-electron chi connectivity index (χ2n) is 2.88. The minimum Gasteiger partial charge on any atom is -0.394 e. The van der Waals surface area contributed by atoms with Gasteiger partial charge in [-0.25, -0.2) is 0 Å². The van der Waals surface area contributed by atoms with Gasteiger partial charge in [-0.15, -0.1) is 0 Å². The maximum atomic E-state index is 8.44. The van der Waals surface area contributed by atoms with Gasteiger partial charge in [-0.3, -0.25) is 0 Å². The first-order valence-corrected chi connectivity index (χ1v) is 4.87. The zero-order chi connectivity index (χ0) is 10.6. The summed E-state index contributed by atoms with van der Waals surface area (Å²) in [6.45, 7) is 1.73. The second-order valence-corrected chi connectivity index (χ2v) is 2.88. The van der Waals surface area contributed by atoms with Crippen LogP contribution in [0, 0.1) is 0 Å². The molecule has 1 atom stereocenters. The molecule has 1 saturated heterocycles. The summed E-state index contributed by atoms with van der Waals surface area (Å²) in [6, 6.07) is 0. The van der Waals surface area contributed by atoms with E-state index in [1.807, 2.05) is 0 Å². The van der Waals surface area contributed by atoms with Gasteiger partial charge in [0.05, 0.1) is 39.1 Å².